The average Bonchev–Trinajstić information content (AvgIpc) is 3.49. The van der Waals surface area contributed by atoms with Gasteiger partial charge in [0.25, 0.3) is 5.91 Å². The third-order valence-corrected chi connectivity index (χ3v) is 5.60. The third kappa shape index (κ3) is 2.98. The van der Waals surface area contributed by atoms with Gasteiger partial charge in [-0.3, -0.25) is 19.3 Å². The standard InChI is InChI=1S/C19H11BrF2N4O3/c20-11-2-1-10-14(15(11)22)19(3-4-19)18(29)26(17(10)28)8-13(27)25-16-12(21)5-9(6-23)7-24-16/h1-2,5,7H,3-4,8H2,(H,24,25,27). The molecule has 1 aliphatic heterocycles. The van der Waals surface area contributed by atoms with E-state index in [4.69, 9.17) is 5.26 Å². The van der Waals surface area contributed by atoms with Crippen LogP contribution in [0, 0.1) is 23.0 Å². The molecule has 4 rings (SSSR count). The molecule has 1 aromatic heterocycles. The predicted octanol–water partition coefficient (Wildman–Crippen LogP) is 2.65. The Bertz CT molecular complexity index is 1140. The van der Waals surface area contributed by atoms with Gasteiger partial charge in [0.2, 0.25) is 11.8 Å². The molecular formula is C19H11BrF2N4O3. The number of amides is 3. The maximum Gasteiger partial charge on any atom is 0.261 e. The number of aromatic nitrogens is 1. The Labute approximate surface area is 171 Å². The number of nitriles is 1. The normalized spacial score (nSPS) is 16.4. The van der Waals surface area contributed by atoms with Gasteiger partial charge in [-0.25, -0.2) is 13.8 Å². The molecule has 0 bridgehead atoms. The summed E-state index contributed by atoms with van der Waals surface area (Å²) < 4.78 is 28.7. The molecule has 0 saturated heterocycles. The fourth-order valence-electron chi connectivity index (χ4n) is 3.44. The van der Waals surface area contributed by atoms with Crippen LogP contribution < -0.4 is 5.32 Å². The van der Waals surface area contributed by atoms with E-state index in [2.05, 4.69) is 26.2 Å². The molecule has 2 aromatic rings. The summed E-state index contributed by atoms with van der Waals surface area (Å²) in [5.41, 5.74) is -1.10. The molecule has 2 aliphatic rings. The van der Waals surface area contributed by atoms with Gasteiger partial charge in [0, 0.05) is 17.3 Å². The van der Waals surface area contributed by atoms with Gasteiger partial charge in [-0.2, -0.15) is 5.26 Å². The zero-order valence-corrected chi connectivity index (χ0v) is 16.2. The van der Waals surface area contributed by atoms with Gasteiger partial charge >= 0.3 is 0 Å². The Morgan fingerprint density at radius 1 is 1.34 bits per heavy atom. The highest BCUT2D eigenvalue weighted by molar-refractivity contribution is 9.10. The Morgan fingerprint density at radius 3 is 2.69 bits per heavy atom. The quantitative estimate of drug-likeness (QED) is 0.709. The van der Waals surface area contributed by atoms with Gasteiger partial charge < -0.3 is 5.32 Å². The van der Waals surface area contributed by atoms with Crippen molar-refractivity contribution in [3.63, 3.8) is 0 Å². The zero-order valence-electron chi connectivity index (χ0n) is 14.6. The van der Waals surface area contributed by atoms with Gasteiger partial charge in [-0.15, -0.1) is 0 Å². The number of halogens is 3. The van der Waals surface area contributed by atoms with Crippen LogP contribution >= 0.6 is 15.9 Å². The molecule has 1 aliphatic carbocycles. The van der Waals surface area contributed by atoms with Gasteiger partial charge in [-0.05, 0) is 47.0 Å². The number of pyridine rings is 1. The lowest BCUT2D eigenvalue weighted by atomic mass is 9.85. The Hall–Kier alpha value is -3.19. The highest BCUT2D eigenvalue weighted by Gasteiger charge is 2.60. The first-order chi connectivity index (χ1) is 13.8. The lowest BCUT2D eigenvalue weighted by molar-refractivity contribution is -0.135. The second kappa shape index (κ2) is 6.70. The number of anilines is 1. The number of nitrogens with one attached hydrogen (secondary N) is 1. The molecule has 0 atom stereocenters. The van der Waals surface area contributed by atoms with E-state index in [0.29, 0.717) is 12.8 Å². The van der Waals surface area contributed by atoms with Crippen LogP contribution in [0.5, 0.6) is 0 Å². The Kier molecular flexibility index (Phi) is 4.42. The van der Waals surface area contributed by atoms with Gasteiger partial charge in [0.15, 0.2) is 11.6 Å². The number of carbonyl (C=O) groups excluding carboxylic acids is 3. The van der Waals surface area contributed by atoms with Gasteiger partial charge in [-0.1, -0.05) is 0 Å². The van der Waals surface area contributed by atoms with Crippen molar-refractivity contribution in [1.29, 1.82) is 5.26 Å². The maximum atomic E-state index is 14.6. The number of imide groups is 1. The van der Waals surface area contributed by atoms with Crippen molar-refractivity contribution >= 4 is 39.5 Å². The lowest BCUT2D eigenvalue weighted by Gasteiger charge is -2.32. The SMILES string of the molecule is N#Cc1cnc(NC(=O)CN2C(=O)c3ccc(Br)c(F)c3C3(CC3)C2=O)c(F)c1. The molecule has 1 saturated carbocycles. The van der Waals surface area contributed by atoms with Crippen molar-refractivity contribution < 1.29 is 23.2 Å². The van der Waals surface area contributed by atoms with Crippen molar-refractivity contribution in [2.45, 2.75) is 18.3 Å². The van der Waals surface area contributed by atoms with Crippen molar-refractivity contribution in [1.82, 2.24) is 9.88 Å². The first-order valence-electron chi connectivity index (χ1n) is 8.49. The molecule has 1 fully saturated rings. The second-order valence-electron chi connectivity index (χ2n) is 6.78. The smallest absolute Gasteiger partial charge is 0.261 e. The monoisotopic (exact) mass is 460 g/mol. The van der Waals surface area contributed by atoms with Gasteiger partial charge in [0.05, 0.1) is 15.5 Å². The summed E-state index contributed by atoms with van der Waals surface area (Å²) in [6, 6.07) is 5.39. The fourth-order valence-corrected chi connectivity index (χ4v) is 3.77. The molecule has 3 amide bonds. The summed E-state index contributed by atoms with van der Waals surface area (Å²) >= 11 is 3.07. The molecule has 2 heterocycles. The molecule has 146 valence electrons. The number of hydrogen-bond donors (Lipinski definition) is 1. The number of hydrogen-bond acceptors (Lipinski definition) is 5. The first-order valence-corrected chi connectivity index (χ1v) is 9.28. The Balaban J connectivity index is 1.61. The van der Waals surface area contributed by atoms with E-state index in [1.54, 1.807) is 6.07 Å². The molecule has 29 heavy (non-hydrogen) atoms. The minimum absolute atomic E-state index is 0.0256. The minimum Gasteiger partial charge on any atom is -0.307 e. The van der Waals surface area contributed by atoms with E-state index in [1.165, 1.54) is 12.1 Å². The number of carbonyl (C=O) groups is 3. The highest BCUT2D eigenvalue weighted by atomic mass is 79.9. The molecule has 1 aromatic carbocycles. The van der Waals surface area contributed by atoms with E-state index in [9.17, 15) is 23.2 Å². The summed E-state index contributed by atoms with van der Waals surface area (Å²) in [6.07, 6.45) is 1.80. The van der Waals surface area contributed by atoms with Crippen molar-refractivity contribution in [2.75, 3.05) is 11.9 Å². The lowest BCUT2D eigenvalue weighted by Crippen LogP contribution is -2.51. The Morgan fingerprint density at radius 2 is 2.07 bits per heavy atom. The van der Waals surface area contributed by atoms with E-state index < -0.39 is 47.1 Å². The van der Waals surface area contributed by atoms with E-state index >= 15 is 0 Å². The molecule has 7 nitrogen and oxygen atoms in total. The van der Waals surface area contributed by atoms with Gasteiger partial charge in [0.1, 0.15) is 18.4 Å². The molecular weight excluding hydrogens is 450 g/mol. The van der Waals surface area contributed by atoms with Crippen LogP contribution in [-0.2, 0) is 15.0 Å². The number of fused-ring (bicyclic) bond motifs is 2. The van der Waals surface area contributed by atoms with Crippen molar-refractivity contribution in [2.24, 2.45) is 0 Å². The third-order valence-electron chi connectivity index (χ3n) is 4.98. The number of nitrogens with zero attached hydrogens (tertiary/aromatic N) is 3. The molecule has 1 N–H and O–H groups in total. The van der Waals surface area contributed by atoms with Crippen molar-refractivity contribution in [3.8, 4) is 6.07 Å². The molecule has 1 spiro atoms. The summed E-state index contributed by atoms with van der Waals surface area (Å²) in [5.74, 6) is -4.31. The van der Waals surface area contributed by atoms with Crippen LogP contribution in [0.2, 0.25) is 0 Å². The highest BCUT2D eigenvalue weighted by Crippen LogP contribution is 2.54. The fraction of sp³-hybridized carbons (Fsp3) is 0.211. The number of benzene rings is 1. The van der Waals surface area contributed by atoms with E-state index in [1.807, 2.05) is 0 Å². The second-order valence-corrected chi connectivity index (χ2v) is 7.63. The molecule has 0 radical (unpaired) electrons. The minimum atomic E-state index is -1.16. The predicted molar refractivity (Wildman–Crippen MR) is 98.6 cm³/mol. The van der Waals surface area contributed by atoms with E-state index in [0.717, 1.165) is 17.2 Å². The first kappa shape index (κ1) is 19.1. The van der Waals surface area contributed by atoms with Crippen LogP contribution in [0.3, 0.4) is 0 Å². The topological polar surface area (TPSA) is 103 Å². The van der Waals surface area contributed by atoms with Crippen LogP contribution in [0.4, 0.5) is 14.6 Å². The van der Waals surface area contributed by atoms with Crippen molar-refractivity contribution in [3.05, 3.63) is 57.2 Å². The maximum absolute atomic E-state index is 14.6. The summed E-state index contributed by atoms with van der Waals surface area (Å²) in [7, 11) is 0. The average molecular weight is 461 g/mol. The summed E-state index contributed by atoms with van der Waals surface area (Å²) in [5, 5.41) is 10.9. The zero-order chi connectivity index (χ0) is 20.9. The molecule has 0 unspecified atom stereocenters. The van der Waals surface area contributed by atoms with Crippen LogP contribution in [0.15, 0.2) is 28.9 Å². The van der Waals surface area contributed by atoms with Crippen LogP contribution in [0.25, 0.3) is 0 Å². The summed E-state index contributed by atoms with van der Waals surface area (Å²) in [6.45, 7) is -0.669. The largest absolute Gasteiger partial charge is 0.307 e. The molecule has 10 heteroatoms. The van der Waals surface area contributed by atoms with E-state index in [-0.39, 0.29) is 21.2 Å². The number of rotatable bonds is 3. The van der Waals surface area contributed by atoms with Crippen LogP contribution in [-0.4, -0.2) is 34.2 Å². The van der Waals surface area contributed by atoms with Crippen LogP contribution in [0.1, 0.15) is 34.3 Å². The summed E-state index contributed by atoms with van der Waals surface area (Å²) in [4.78, 5) is 42.4.